The first-order valence-electron chi connectivity index (χ1n) is 15.5. The van der Waals surface area contributed by atoms with E-state index in [4.69, 9.17) is 0 Å². The third-order valence-corrected chi connectivity index (χ3v) is 9.05. The van der Waals surface area contributed by atoms with Gasteiger partial charge in [0.25, 0.3) is 0 Å². The van der Waals surface area contributed by atoms with Gasteiger partial charge >= 0.3 is 0 Å². The summed E-state index contributed by atoms with van der Waals surface area (Å²) in [4.78, 5) is 44.8. The number of aromatic nitrogens is 5. The summed E-state index contributed by atoms with van der Waals surface area (Å²) in [5.74, 6) is -0.451. The Morgan fingerprint density at radius 3 is 2.38 bits per heavy atom. The normalized spacial score (nSPS) is 18.5. The molecule has 2 fully saturated rings. The van der Waals surface area contributed by atoms with Crippen LogP contribution in [0.5, 0.6) is 0 Å². The standard InChI is InChI=1S/C34H33F2N9O2/c35-21-34(33(47)40-26-3-6-29-28(17-26)31(42-41-29)23-7-10-37-11-8-23)9-12-43(22-34)20-30(46)45-15-13-44(14-16-45)27-4-1-24(2-5-27)32-38-18-25(36)19-39-32/h1-8,10-11,17-19H,9,12-16,20-22H2,(H,40,47)(H,41,42). The van der Waals surface area contributed by atoms with E-state index in [1.807, 2.05) is 58.3 Å². The van der Waals surface area contributed by atoms with Gasteiger partial charge in [0, 0.05) is 73.0 Å². The number of nitrogens with zero attached hydrogens (tertiary/aromatic N) is 7. The summed E-state index contributed by atoms with van der Waals surface area (Å²) in [5.41, 5.74) is 3.57. The highest BCUT2D eigenvalue weighted by atomic mass is 19.1. The Kier molecular flexibility index (Phi) is 8.29. The first kappa shape index (κ1) is 30.4. The molecule has 2 aromatic carbocycles. The van der Waals surface area contributed by atoms with E-state index >= 15 is 0 Å². The molecule has 0 aliphatic carbocycles. The van der Waals surface area contributed by atoms with Crippen molar-refractivity contribution in [2.75, 3.05) is 62.7 Å². The van der Waals surface area contributed by atoms with E-state index in [1.54, 1.807) is 18.5 Å². The van der Waals surface area contributed by atoms with E-state index in [1.165, 1.54) is 0 Å². The first-order chi connectivity index (χ1) is 22.9. The van der Waals surface area contributed by atoms with Crippen LogP contribution in [-0.4, -0.2) is 99.3 Å². The molecule has 47 heavy (non-hydrogen) atoms. The highest BCUT2D eigenvalue weighted by molar-refractivity contribution is 6.00. The van der Waals surface area contributed by atoms with Gasteiger partial charge in [0.1, 0.15) is 12.4 Å². The number of H-pyrrole nitrogens is 1. The molecule has 3 aromatic heterocycles. The van der Waals surface area contributed by atoms with Crippen LogP contribution in [0.15, 0.2) is 79.4 Å². The third-order valence-electron chi connectivity index (χ3n) is 9.05. The van der Waals surface area contributed by atoms with Crippen molar-refractivity contribution in [2.24, 2.45) is 5.41 Å². The van der Waals surface area contributed by atoms with Gasteiger partial charge in [-0.05, 0) is 67.6 Å². The molecular formula is C34H33F2N9O2. The number of hydrogen-bond donors (Lipinski definition) is 2. The summed E-state index contributed by atoms with van der Waals surface area (Å²) in [5, 5.41) is 11.2. The summed E-state index contributed by atoms with van der Waals surface area (Å²) in [6.45, 7) is 2.39. The van der Waals surface area contributed by atoms with Crippen molar-refractivity contribution in [1.82, 2.24) is 34.9 Å². The number of likely N-dealkylation sites (tertiary alicyclic amines) is 1. The third kappa shape index (κ3) is 6.26. The van der Waals surface area contributed by atoms with Crippen LogP contribution >= 0.6 is 0 Å². The molecule has 11 nitrogen and oxygen atoms in total. The molecule has 2 amide bonds. The summed E-state index contributed by atoms with van der Waals surface area (Å²) in [6.07, 6.45) is 6.00. The van der Waals surface area contributed by atoms with Gasteiger partial charge in [0.2, 0.25) is 11.8 Å². The van der Waals surface area contributed by atoms with Crippen molar-refractivity contribution in [3.05, 3.63) is 85.2 Å². The zero-order valence-corrected chi connectivity index (χ0v) is 25.6. The highest BCUT2D eigenvalue weighted by Gasteiger charge is 2.45. The molecule has 1 unspecified atom stereocenters. The number of aromatic amines is 1. The number of halogens is 2. The van der Waals surface area contributed by atoms with Crippen molar-refractivity contribution in [3.8, 4) is 22.6 Å². The summed E-state index contributed by atoms with van der Waals surface area (Å²) >= 11 is 0. The van der Waals surface area contributed by atoms with Crippen molar-refractivity contribution < 1.29 is 18.4 Å². The molecular weight excluding hydrogens is 604 g/mol. The smallest absolute Gasteiger partial charge is 0.236 e. The van der Waals surface area contributed by atoms with E-state index in [-0.39, 0.29) is 19.0 Å². The molecule has 0 spiro atoms. The Labute approximate surface area is 269 Å². The summed E-state index contributed by atoms with van der Waals surface area (Å²) in [6, 6.07) is 16.9. The van der Waals surface area contributed by atoms with Crippen molar-refractivity contribution >= 4 is 34.1 Å². The fraction of sp³-hybridized carbons (Fsp3) is 0.294. The van der Waals surface area contributed by atoms with E-state index < -0.39 is 23.8 Å². The van der Waals surface area contributed by atoms with Crippen LogP contribution in [0.3, 0.4) is 0 Å². The Bertz CT molecular complexity index is 1880. The number of hydrogen-bond acceptors (Lipinski definition) is 8. The molecule has 13 heteroatoms. The maximum absolute atomic E-state index is 14.6. The molecule has 0 saturated carbocycles. The maximum Gasteiger partial charge on any atom is 0.236 e. The van der Waals surface area contributed by atoms with Gasteiger partial charge in [0.15, 0.2) is 11.6 Å². The van der Waals surface area contributed by atoms with E-state index in [0.717, 1.165) is 45.8 Å². The molecule has 2 aliphatic heterocycles. The Balaban J connectivity index is 0.932. The second-order valence-electron chi connectivity index (χ2n) is 12.0. The minimum Gasteiger partial charge on any atom is -0.368 e. The van der Waals surface area contributed by atoms with Crippen molar-refractivity contribution in [2.45, 2.75) is 6.42 Å². The van der Waals surface area contributed by atoms with Gasteiger partial charge in [-0.1, -0.05) is 0 Å². The molecule has 2 saturated heterocycles. The molecule has 240 valence electrons. The SMILES string of the molecule is O=C(CN1CCC(CF)(C(=O)Nc2ccc3[nH]nc(-c4ccncc4)c3c2)C1)N1CCN(c2ccc(-c3ncc(F)cn3)cc2)CC1. The second kappa shape index (κ2) is 12.8. The van der Waals surface area contributed by atoms with Crippen LogP contribution in [0, 0.1) is 11.2 Å². The van der Waals surface area contributed by atoms with Crippen LogP contribution in [-0.2, 0) is 9.59 Å². The number of amides is 2. The lowest BCUT2D eigenvalue weighted by Gasteiger charge is -2.37. The second-order valence-corrected chi connectivity index (χ2v) is 12.0. The average molecular weight is 638 g/mol. The molecule has 0 radical (unpaired) electrons. The molecule has 2 aliphatic rings. The van der Waals surface area contributed by atoms with Gasteiger partial charge in [-0.15, -0.1) is 0 Å². The number of fused-ring (bicyclic) bond motifs is 1. The summed E-state index contributed by atoms with van der Waals surface area (Å²) in [7, 11) is 0. The Morgan fingerprint density at radius 1 is 0.915 bits per heavy atom. The van der Waals surface area contributed by atoms with Crippen LogP contribution in [0.1, 0.15) is 6.42 Å². The monoisotopic (exact) mass is 637 g/mol. The zero-order valence-electron chi connectivity index (χ0n) is 25.6. The molecule has 5 aromatic rings. The number of anilines is 2. The predicted molar refractivity (Wildman–Crippen MR) is 174 cm³/mol. The van der Waals surface area contributed by atoms with E-state index in [2.05, 4.69) is 35.4 Å². The lowest BCUT2D eigenvalue weighted by atomic mass is 9.87. The lowest BCUT2D eigenvalue weighted by molar-refractivity contribution is -0.133. The average Bonchev–Trinajstić information content (AvgIpc) is 3.74. The maximum atomic E-state index is 14.6. The number of carbonyl (C=O) groups is 2. The minimum atomic E-state index is -1.23. The highest BCUT2D eigenvalue weighted by Crippen LogP contribution is 2.34. The Morgan fingerprint density at radius 2 is 1.66 bits per heavy atom. The van der Waals surface area contributed by atoms with Crippen molar-refractivity contribution in [3.63, 3.8) is 0 Å². The number of pyridine rings is 1. The Hall–Kier alpha value is -5.30. The van der Waals surface area contributed by atoms with E-state index in [9.17, 15) is 18.4 Å². The van der Waals surface area contributed by atoms with Gasteiger partial charge in [0.05, 0.1) is 29.9 Å². The predicted octanol–water partition coefficient (Wildman–Crippen LogP) is 4.17. The molecule has 1 atom stereocenters. The zero-order chi connectivity index (χ0) is 32.4. The first-order valence-corrected chi connectivity index (χ1v) is 15.5. The molecule has 0 bridgehead atoms. The van der Waals surface area contributed by atoms with Gasteiger partial charge in [-0.3, -0.25) is 24.6 Å². The van der Waals surface area contributed by atoms with Gasteiger partial charge in [-0.25, -0.2) is 18.7 Å². The number of nitrogens with one attached hydrogen (secondary N) is 2. The number of benzene rings is 2. The minimum absolute atomic E-state index is 0.0300. The van der Waals surface area contributed by atoms with E-state index in [0.29, 0.717) is 50.7 Å². The van der Waals surface area contributed by atoms with Crippen molar-refractivity contribution in [1.29, 1.82) is 0 Å². The van der Waals surface area contributed by atoms with Gasteiger partial charge < -0.3 is 15.1 Å². The van der Waals surface area contributed by atoms with Gasteiger partial charge in [-0.2, -0.15) is 5.10 Å². The number of carbonyl (C=O) groups excluding carboxylic acids is 2. The topological polar surface area (TPSA) is 123 Å². The molecule has 7 rings (SSSR count). The van der Waals surface area contributed by atoms with Crippen LogP contribution < -0.4 is 10.2 Å². The quantitative estimate of drug-likeness (QED) is 0.260. The van der Waals surface area contributed by atoms with Crippen LogP contribution in [0.25, 0.3) is 33.5 Å². The number of piperazine rings is 1. The fourth-order valence-corrected chi connectivity index (χ4v) is 6.32. The number of alkyl halides is 1. The number of rotatable bonds is 8. The molecule has 5 heterocycles. The lowest BCUT2D eigenvalue weighted by Crippen LogP contribution is -2.51. The fourth-order valence-electron chi connectivity index (χ4n) is 6.32. The van der Waals surface area contributed by atoms with Crippen LogP contribution in [0.4, 0.5) is 20.2 Å². The summed E-state index contributed by atoms with van der Waals surface area (Å²) < 4.78 is 27.7. The largest absolute Gasteiger partial charge is 0.368 e. The van der Waals surface area contributed by atoms with Crippen LogP contribution in [0.2, 0.25) is 0 Å². The molecule has 2 N–H and O–H groups in total.